The molecule has 1 atom stereocenters. The van der Waals surface area contributed by atoms with Crippen LogP contribution in [0.1, 0.15) is 32.4 Å². The van der Waals surface area contributed by atoms with Gasteiger partial charge in [0.2, 0.25) is 5.88 Å². The average Bonchev–Trinajstić information content (AvgIpc) is 2.76. The van der Waals surface area contributed by atoms with E-state index in [4.69, 9.17) is 18.9 Å². The fraction of sp³-hybridized carbons (Fsp3) is 0.304. The number of nitrogens with zero attached hydrogens (tertiary/aromatic N) is 2. The summed E-state index contributed by atoms with van der Waals surface area (Å²) in [5, 5.41) is 12.5. The van der Waals surface area contributed by atoms with Crippen LogP contribution in [0.15, 0.2) is 42.7 Å². The van der Waals surface area contributed by atoms with E-state index >= 15 is 0 Å². The number of nitrogens with one attached hydrogen (secondary N) is 1. The van der Waals surface area contributed by atoms with Gasteiger partial charge in [0.25, 0.3) is 0 Å². The predicted molar refractivity (Wildman–Crippen MR) is 119 cm³/mol. The molecule has 3 aromatic rings. The zero-order valence-corrected chi connectivity index (χ0v) is 18.9. The molecule has 0 spiro atoms. The fourth-order valence-corrected chi connectivity index (χ4v) is 2.99. The number of alkyl carbamates (subject to hydrolysis) is 1. The maximum absolute atomic E-state index is 12.0. The van der Waals surface area contributed by atoms with Gasteiger partial charge in [0.05, 0.1) is 25.1 Å². The first-order valence-corrected chi connectivity index (χ1v) is 9.98. The van der Waals surface area contributed by atoms with Crippen LogP contribution in [0.4, 0.5) is 4.79 Å². The van der Waals surface area contributed by atoms with Gasteiger partial charge in [-0.05, 0) is 44.5 Å². The van der Waals surface area contributed by atoms with Gasteiger partial charge >= 0.3 is 12.1 Å². The van der Waals surface area contributed by atoms with Gasteiger partial charge in [-0.15, -0.1) is 0 Å². The number of fused-ring (bicyclic) bond motifs is 1. The van der Waals surface area contributed by atoms with E-state index in [0.29, 0.717) is 33.7 Å². The summed E-state index contributed by atoms with van der Waals surface area (Å²) in [6, 6.07) is 8.38. The van der Waals surface area contributed by atoms with Gasteiger partial charge in [0.1, 0.15) is 17.7 Å². The summed E-state index contributed by atoms with van der Waals surface area (Å²) in [6.07, 6.45) is 0.537. The quantitative estimate of drug-likeness (QED) is 0.541. The Morgan fingerprint density at radius 3 is 2.21 bits per heavy atom. The van der Waals surface area contributed by atoms with Crippen molar-refractivity contribution in [1.29, 1.82) is 0 Å². The molecule has 1 heterocycles. The number of carboxylic acids is 1. The molecule has 3 rings (SSSR count). The van der Waals surface area contributed by atoms with E-state index in [1.165, 1.54) is 20.5 Å². The molecule has 1 amide bonds. The molecule has 2 N–H and O–H groups in total. The number of benzene rings is 2. The molecule has 33 heavy (non-hydrogen) atoms. The molecule has 0 aliphatic carbocycles. The summed E-state index contributed by atoms with van der Waals surface area (Å²) >= 11 is 0. The van der Waals surface area contributed by atoms with E-state index in [9.17, 15) is 14.7 Å². The third kappa shape index (κ3) is 5.79. The van der Waals surface area contributed by atoms with E-state index in [2.05, 4.69) is 15.3 Å². The molecule has 1 aromatic heterocycles. The Hall–Kier alpha value is -4.08. The SMILES string of the molecule is COc1cc2ncnc(Oc3ccc(C(NC(=O)OC(C)(C)C)C(=O)O)cc3)c2cc1OC. The third-order valence-electron chi connectivity index (χ3n) is 4.44. The molecule has 0 aliphatic rings. The minimum Gasteiger partial charge on any atom is -0.493 e. The Morgan fingerprint density at radius 1 is 1.00 bits per heavy atom. The van der Waals surface area contributed by atoms with Crippen molar-refractivity contribution in [3.05, 3.63) is 48.3 Å². The summed E-state index contributed by atoms with van der Waals surface area (Å²) in [4.78, 5) is 32.1. The number of methoxy groups -OCH3 is 2. The summed E-state index contributed by atoms with van der Waals surface area (Å²) in [6.45, 7) is 5.07. The van der Waals surface area contributed by atoms with Crippen LogP contribution in [-0.4, -0.2) is 47.0 Å². The van der Waals surface area contributed by atoms with E-state index in [-0.39, 0.29) is 5.88 Å². The van der Waals surface area contributed by atoms with E-state index in [1.807, 2.05) is 0 Å². The minimum absolute atomic E-state index is 0.287. The molecule has 0 radical (unpaired) electrons. The summed E-state index contributed by atoms with van der Waals surface area (Å²) in [5.74, 6) is 0.497. The van der Waals surface area contributed by atoms with Crippen molar-refractivity contribution in [1.82, 2.24) is 15.3 Å². The molecule has 174 valence electrons. The summed E-state index contributed by atoms with van der Waals surface area (Å²) in [7, 11) is 3.06. The second kappa shape index (κ2) is 9.60. The first-order valence-electron chi connectivity index (χ1n) is 9.98. The average molecular weight is 455 g/mol. The number of hydrogen-bond donors (Lipinski definition) is 2. The lowest BCUT2D eigenvalue weighted by Crippen LogP contribution is -2.38. The van der Waals surface area contributed by atoms with E-state index < -0.39 is 23.7 Å². The highest BCUT2D eigenvalue weighted by Crippen LogP contribution is 2.35. The number of rotatable bonds is 7. The van der Waals surface area contributed by atoms with Gasteiger partial charge in [0.15, 0.2) is 17.5 Å². The standard InChI is InChI=1S/C23H25N3O7/c1-23(2,3)33-22(29)26-19(21(27)28)13-6-8-14(9-7-13)32-20-15-10-17(30-4)18(31-5)11-16(15)24-12-25-20/h6-12,19H,1-5H3,(H,26,29)(H,27,28). The lowest BCUT2D eigenvalue weighted by molar-refractivity contribution is -0.139. The van der Waals surface area contributed by atoms with Crippen LogP contribution >= 0.6 is 0 Å². The van der Waals surface area contributed by atoms with Gasteiger partial charge in [-0.1, -0.05) is 12.1 Å². The highest BCUT2D eigenvalue weighted by atomic mass is 16.6. The lowest BCUT2D eigenvalue weighted by atomic mass is 10.1. The smallest absolute Gasteiger partial charge is 0.408 e. The van der Waals surface area contributed by atoms with Crippen molar-refractivity contribution in [3.8, 4) is 23.1 Å². The molecule has 0 fully saturated rings. The number of aliphatic carboxylic acids is 1. The van der Waals surface area contributed by atoms with Crippen molar-refractivity contribution < 1.29 is 33.6 Å². The van der Waals surface area contributed by atoms with Crippen LogP contribution in [-0.2, 0) is 9.53 Å². The number of carbonyl (C=O) groups is 2. The zero-order valence-electron chi connectivity index (χ0n) is 18.9. The molecule has 0 saturated heterocycles. The van der Waals surface area contributed by atoms with Crippen molar-refractivity contribution in [2.75, 3.05) is 14.2 Å². The highest BCUT2D eigenvalue weighted by molar-refractivity contribution is 5.87. The highest BCUT2D eigenvalue weighted by Gasteiger charge is 2.25. The van der Waals surface area contributed by atoms with Gasteiger partial charge in [0, 0.05) is 6.07 Å². The number of carbonyl (C=O) groups excluding carboxylic acids is 1. The Balaban J connectivity index is 1.83. The van der Waals surface area contributed by atoms with Crippen LogP contribution in [0.25, 0.3) is 10.9 Å². The van der Waals surface area contributed by atoms with Crippen LogP contribution in [0.2, 0.25) is 0 Å². The first kappa shape index (κ1) is 23.6. The van der Waals surface area contributed by atoms with Crippen molar-refractivity contribution in [2.24, 2.45) is 0 Å². The van der Waals surface area contributed by atoms with Crippen LogP contribution in [0.5, 0.6) is 23.1 Å². The van der Waals surface area contributed by atoms with E-state index in [0.717, 1.165) is 0 Å². The van der Waals surface area contributed by atoms with Crippen molar-refractivity contribution in [2.45, 2.75) is 32.4 Å². The van der Waals surface area contributed by atoms with Crippen LogP contribution in [0, 0.1) is 0 Å². The number of amides is 1. The Morgan fingerprint density at radius 2 is 1.64 bits per heavy atom. The molecule has 2 aromatic carbocycles. The molecule has 10 heteroatoms. The van der Waals surface area contributed by atoms with Gasteiger partial charge in [-0.3, -0.25) is 0 Å². The topological polar surface area (TPSA) is 129 Å². The zero-order chi connectivity index (χ0) is 24.2. The number of ether oxygens (including phenoxy) is 4. The monoisotopic (exact) mass is 455 g/mol. The van der Waals surface area contributed by atoms with Crippen LogP contribution in [0.3, 0.4) is 0 Å². The van der Waals surface area contributed by atoms with Gasteiger partial charge in [-0.2, -0.15) is 0 Å². The molecule has 0 bridgehead atoms. The Kier molecular flexibility index (Phi) is 6.86. The predicted octanol–water partition coefficient (Wildman–Crippen LogP) is 4.09. The normalized spacial score (nSPS) is 12.0. The summed E-state index contributed by atoms with van der Waals surface area (Å²) in [5.41, 5.74) is 0.194. The second-order valence-electron chi connectivity index (χ2n) is 7.99. The second-order valence-corrected chi connectivity index (χ2v) is 7.99. The van der Waals surface area contributed by atoms with Gasteiger partial charge in [-0.25, -0.2) is 19.6 Å². The largest absolute Gasteiger partial charge is 0.493 e. The lowest BCUT2D eigenvalue weighted by Gasteiger charge is -2.22. The Bertz CT molecular complexity index is 1160. The first-order chi connectivity index (χ1) is 15.6. The number of carboxylic acid groups (broad SMARTS) is 1. The number of hydrogen-bond acceptors (Lipinski definition) is 8. The van der Waals surface area contributed by atoms with E-state index in [1.54, 1.807) is 57.2 Å². The molecular formula is C23H25N3O7. The molecule has 1 unspecified atom stereocenters. The summed E-state index contributed by atoms with van der Waals surface area (Å²) < 4.78 is 21.7. The van der Waals surface area contributed by atoms with Crippen molar-refractivity contribution >= 4 is 23.0 Å². The maximum Gasteiger partial charge on any atom is 0.408 e. The minimum atomic E-state index is -1.29. The fourth-order valence-electron chi connectivity index (χ4n) is 2.99. The molecule has 0 saturated carbocycles. The van der Waals surface area contributed by atoms with Crippen LogP contribution < -0.4 is 19.5 Å². The molecule has 0 aliphatic heterocycles. The third-order valence-corrected chi connectivity index (χ3v) is 4.44. The molecular weight excluding hydrogens is 430 g/mol. The molecule has 10 nitrogen and oxygen atoms in total. The number of aromatic nitrogens is 2. The van der Waals surface area contributed by atoms with Crippen molar-refractivity contribution in [3.63, 3.8) is 0 Å². The van der Waals surface area contributed by atoms with Gasteiger partial charge < -0.3 is 29.4 Å². The maximum atomic E-state index is 12.0. The Labute approximate surface area is 190 Å².